The molecule has 0 radical (unpaired) electrons. The van der Waals surface area contributed by atoms with Gasteiger partial charge in [0.15, 0.2) is 11.5 Å². The van der Waals surface area contributed by atoms with Gasteiger partial charge in [-0.05, 0) is 37.6 Å². The molecule has 0 spiro atoms. The second-order valence-electron chi connectivity index (χ2n) is 7.52. The SMILES string of the molecule is O=C1c2ccncc2CN1C1CCCN(CC2COc3ccccc3O2)C1. The summed E-state index contributed by atoms with van der Waals surface area (Å²) in [6.07, 6.45) is 5.68. The normalized spacial score (nSPS) is 24.7. The Morgan fingerprint density at radius 3 is 2.96 bits per heavy atom. The zero-order valence-corrected chi connectivity index (χ0v) is 15.2. The Morgan fingerprint density at radius 1 is 1.19 bits per heavy atom. The summed E-state index contributed by atoms with van der Waals surface area (Å²) in [5.74, 6) is 1.78. The Bertz CT molecular complexity index is 856. The highest BCUT2D eigenvalue weighted by molar-refractivity contribution is 5.98. The van der Waals surface area contributed by atoms with Crippen molar-refractivity contribution in [2.45, 2.75) is 31.5 Å². The second kappa shape index (κ2) is 6.85. The smallest absolute Gasteiger partial charge is 0.254 e. The number of amides is 1. The first-order chi connectivity index (χ1) is 13.3. The number of aromatic nitrogens is 1. The number of rotatable bonds is 3. The van der Waals surface area contributed by atoms with Crippen LogP contribution in [0, 0.1) is 0 Å². The van der Waals surface area contributed by atoms with Gasteiger partial charge in [0.1, 0.15) is 12.7 Å². The minimum absolute atomic E-state index is 0.0225. The summed E-state index contributed by atoms with van der Waals surface area (Å²) < 4.78 is 12.0. The van der Waals surface area contributed by atoms with Gasteiger partial charge >= 0.3 is 0 Å². The molecule has 0 saturated carbocycles. The molecular formula is C21H23N3O3. The van der Waals surface area contributed by atoms with Crippen molar-refractivity contribution in [2.75, 3.05) is 26.2 Å². The maximum absolute atomic E-state index is 12.8. The van der Waals surface area contributed by atoms with Crippen molar-refractivity contribution in [3.63, 3.8) is 0 Å². The third-order valence-electron chi connectivity index (χ3n) is 5.69. The van der Waals surface area contributed by atoms with Crippen LogP contribution in [0.4, 0.5) is 0 Å². The third-order valence-corrected chi connectivity index (χ3v) is 5.69. The van der Waals surface area contributed by atoms with E-state index in [9.17, 15) is 4.79 Å². The van der Waals surface area contributed by atoms with Gasteiger partial charge in [-0.1, -0.05) is 12.1 Å². The van der Waals surface area contributed by atoms with Crippen LogP contribution >= 0.6 is 0 Å². The quantitative estimate of drug-likeness (QED) is 0.836. The highest BCUT2D eigenvalue weighted by Crippen LogP contribution is 2.32. The number of likely N-dealkylation sites (tertiary alicyclic amines) is 1. The number of hydrogen-bond acceptors (Lipinski definition) is 5. The zero-order valence-electron chi connectivity index (χ0n) is 15.2. The van der Waals surface area contributed by atoms with Gasteiger partial charge < -0.3 is 14.4 Å². The molecule has 4 heterocycles. The minimum atomic E-state index is 0.0225. The van der Waals surface area contributed by atoms with Crippen LogP contribution in [0.25, 0.3) is 0 Å². The first-order valence-electron chi connectivity index (χ1n) is 9.62. The van der Waals surface area contributed by atoms with Gasteiger partial charge in [0.25, 0.3) is 5.91 Å². The van der Waals surface area contributed by atoms with Crippen molar-refractivity contribution in [3.05, 3.63) is 53.9 Å². The maximum Gasteiger partial charge on any atom is 0.254 e. The molecule has 6 nitrogen and oxygen atoms in total. The molecular weight excluding hydrogens is 342 g/mol. The fraction of sp³-hybridized carbons (Fsp3) is 0.429. The number of benzene rings is 1. The Labute approximate surface area is 158 Å². The van der Waals surface area contributed by atoms with E-state index in [1.54, 1.807) is 6.20 Å². The molecule has 6 heteroatoms. The van der Waals surface area contributed by atoms with E-state index in [1.165, 1.54) is 0 Å². The first kappa shape index (κ1) is 16.6. The van der Waals surface area contributed by atoms with Crippen molar-refractivity contribution < 1.29 is 14.3 Å². The van der Waals surface area contributed by atoms with Crippen LogP contribution in [0.5, 0.6) is 11.5 Å². The molecule has 1 aromatic carbocycles. The number of para-hydroxylation sites is 2. The number of fused-ring (bicyclic) bond motifs is 2. The number of pyridine rings is 1. The molecule has 0 N–H and O–H groups in total. The molecule has 2 unspecified atom stereocenters. The lowest BCUT2D eigenvalue weighted by atomic mass is 10.0. The lowest BCUT2D eigenvalue weighted by molar-refractivity contribution is 0.0306. The summed E-state index contributed by atoms with van der Waals surface area (Å²) in [5.41, 5.74) is 1.85. The summed E-state index contributed by atoms with van der Waals surface area (Å²) in [5, 5.41) is 0. The van der Waals surface area contributed by atoms with E-state index in [2.05, 4.69) is 9.88 Å². The highest BCUT2D eigenvalue weighted by Gasteiger charge is 2.35. The summed E-state index contributed by atoms with van der Waals surface area (Å²) in [6.45, 7) is 3.99. The Balaban J connectivity index is 1.23. The summed E-state index contributed by atoms with van der Waals surface area (Å²) in [7, 11) is 0. The topological polar surface area (TPSA) is 54.9 Å². The molecule has 3 aliphatic rings. The molecule has 2 atom stereocenters. The van der Waals surface area contributed by atoms with Crippen LogP contribution in [-0.2, 0) is 6.54 Å². The van der Waals surface area contributed by atoms with E-state index < -0.39 is 0 Å². The molecule has 140 valence electrons. The zero-order chi connectivity index (χ0) is 18.2. The van der Waals surface area contributed by atoms with E-state index >= 15 is 0 Å². The number of carbonyl (C=O) groups excluding carboxylic acids is 1. The van der Waals surface area contributed by atoms with E-state index in [0.717, 1.165) is 55.1 Å². The minimum Gasteiger partial charge on any atom is -0.486 e. The van der Waals surface area contributed by atoms with Crippen LogP contribution in [0.2, 0.25) is 0 Å². The first-order valence-corrected chi connectivity index (χ1v) is 9.62. The Hall–Kier alpha value is -2.60. The lowest BCUT2D eigenvalue weighted by Crippen LogP contribution is -2.51. The Morgan fingerprint density at radius 2 is 2.07 bits per heavy atom. The lowest BCUT2D eigenvalue weighted by Gasteiger charge is -2.39. The standard InChI is InChI=1S/C21H23N3O3/c25-21-18-7-8-22-10-15(18)11-24(21)16-4-3-9-23(12-16)13-17-14-26-19-5-1-2-6-20(19)27-17/h1-2,5-8,10,16-17H,3-4,9,11-14H2. The van der Waals surface area contributed by atoms with Gasteiger partial charge in [-0.15, -0.1) is 0 Å². The molecule has 0 bridgehead atoms. The van der Waals surface area contributed by atoms with Crippen molar-refractivity contribution in [3.8, 4) is 11.5 Å². The van der Waals surface area contributed by atoms with E-state index in [4.69, 9.17) is 9.47 Å². The van der Waals surface area contributed by atoms with Crippen LogP contribution < -0.4 is 9.47 Å². The van der Waals surface area contributed by atoms with Crippen LogP contribution in [0.3, 0.4) is 0 Å². The number of carbonyl (C=O) groups is 1. The number of nitrogens with zero attached hydrogens (tertiary/aromatic N) is 3. The van der Waals surface area contributed by atoms with Crippen molar-refractivity contribution in [1.29, 1.82) is 0 Å². The predicted molar refractivity (Wildman–Crippen MR) is 99.9 cm³/mol. The van der Waals surface area contributed by atoms with Gasteiger partial charge in [0, 0.05) is 49.2 Å². The van der Waals surface area contributed by atoms with E-state index in [-0.39, 0.29) is 18.1 Å². The molecule has 0 aliphatic carbocycles. The molecule has 1 aromatic heterocycles. The van der Waals surface area contributed by atoms with Gasteiger partial charge in [-0.2, -0.15) is 0 Å². The third kappa shape index (κ3) is 3.14. The van der Waals surface area contributed by atoms with Crippen molar-refractivity contribution in [1.82, 2.24) is 14.8 Å². The van der Waals surface area contributed by atoms with Gasteiger partial charge in [-0.25, -0.2) is 0 Å². The molecule has 1 fully saturated rings. The molecule has 3 aliphatic heterocycles. The number of hydrogen-bond donors (Lipinski definition) is 0. The molecule has 1 amide bonds. The Kier molecular flexibility index (Phi) is 4.20. The van der Waals surface area contributed by atoms with Crippen LogP contribution in [0.15, 0.2) is 42.7 Å². The summed E-state index contributed by atoms with van der Waals surface area (Å²) >= 11 is 0. The fourth-order valence-electron chi connectivity index (χ4n) is 4.36. The number of ether oxygens (including phenoxy) is 2. The van der Waals surface area contributed by atoms with Gasteiger partial charge in [0.05, 0.1) is 0 Å². The molecule has 27 heavy (non-hydrogen) atoms. The molecule has 2 aromatic rings. The second-order valence-corrected chi connectivity index (χ2v) is 7.52. The maximum atomic E-state index is 12.8. The van der Waals surface area contributed by atoms with Crippen molar-refractivity contribution in [2.24, 2.45) is 0 Å². The molecule has 5 rings (SSSR count). The van der Waals surface area contributed by atoms with Gasteiger partial charge in [0.2, 0.25) is 0 Å². The van der Waals surface area contributed by atoms with Crippen molar-refractivity contribution >= 4 is 5.91 Å². The monoisotopic (exact) mass is 365 g/mol. The average Bonchev–Trinajstić information content (AvgIpc) is 3.05. The molecule has 1 saturated heterocycles. The predicted octanol–water partition coefficient (Wildman–Crippen LogP) is 2.34. The number of piperidine rings is 1. The fourth-order valence-corrected chi connectivity index (χ4v) is 4.36. The average molecular weight is 365 g/mol. The van der Waals surface area contributed by atoms with Crippen LogP contribution in [-0.4, -0.2) is 59.1 Å². The van der Waals surface area contributed by atoms with Gasteiger partial charge in [-0.3, -0.25) is 14.7 Å². The summed E-state index contributed by atoms with van der Waals surface area (Å²) in [6, 6.07) is 9.90. The van der Waals surface area contributed by atoms with E-state index in [0.29, 0.717) is 13.2 Å². The van der Waals surface area contributed by atoms with Crippen LogP contribution in [0.1, 0.15) is 28.8 Å². The largest absolute Gasteiger partial charge is 0.486 e. The summed E-state index contributed by atoms with van der Waals surface area (Å²) in [4.78, 5) is 21.4. The van der Waals surface area contributed by atoms with E-state index in [1.807, 2.05) is 41.4 Å². The highest BCUT2D eigenvalue weighted by atomic mass is 16.6.